The number of anilines is 1. The molecule has 1 aromatic rings. The molecule has 0 amide bonds. The van der Waals surface area contributed by atoms with Crippen molar-refractivity contribution in [2.45, 2.75) is 26.4 Å². The third kappa shape index (κ3) is 6.06. The number of hydrogen-bond donors (Lipinski definition) is 1. The van der Waals surface area contributed by atoms with Crippen LogP contribution in [-0.4, -0.2) is 21.5 Å². The molecule has 0 saturated carbocycles. The summed E-state index contributed by atoms with van der Waals surface area (Å²) in [6, 6.07) is 9.09. The second-order valence-corrected chi connectivity index (χ2v) is 5.73. The van der Waals surface area contributed by atoms with Gasteiger partial charge in [0, 0.05) is 5.69 Å². The Kier molecular flexibility index (Phi) is 4.69. The van der Waals surface area contributed by atoms with E-state index in [1.54, 1.807) is 32.9 Å². The summed E-state index contributed by atoms with van der Waals surface area (Å²) in [5, 5.41) is 0. The number of esters is 1. The number of para-hydroxylation sites is 1. The summed E-state index contributed by atoms with van der Waals surface area (Å²) >= 11 is 0. The van der Waals surface area contributed by atoms with Gasteiger partial charge in [0.1, 0.15) is 22.3 Å². The van der Waals surface area contributed by atoms with Crippen LogP contribution in [-0.2, 0) is 20.5 Å². The lowest BCUT2D eigenvalue weighted by Gasteiger charge is -2.19. The molecule has 1 N–H and O–H groups in total. The van der Waals surface area contributed by atoms with Crippen LogP contribution in [0.3, 0.4) is 0 Å². The van der Waals surface area contributed by atoms with E-state index < -0.39 is 22.6 Å². The molecule has 17 heavy (non-hydrogen) atoms. The van der Waals surface area contributed by atoms with Gasteiger partial charge in [0.05, 0.1) is 0 Å². The van der Waals surface area contributed by atoms with Crippen LogP contribution in [0.2, 0.25) is 0 Å². The van der Waals surface area contributed by atoms with Gasteiger partial charge in [-0.25, -0.2) is 4.21 Å². The molecule has 0 spiro atoms. The number of benzene rings is 1. The molecule has 0 aliphatic heterocycles. The number of hydrogen-bond acceptors (Lipinski definition) is 3. The van der Waals surface area contributed by atoms with Gasteiger partial charge in [0.25, 0.3) is 0 Å². The summed E-state index contributed by atoms with van der Waals surface area (Å²) in [7, 11) is -1.46. The molecule has 0 aliphatic carbocycles. The highest BCUT2D eigenvalue weighted by atomic mass is 32.2. The van der Waals surface area contributed by atoms with Crippen molar-refractivity contribution in [3.63, 3.8) is 0 Å². The number of carbonyl (C=O) groups excluding carboxylic acids is 1. The number of ether oxygens (including phenoxy) is 1. The van der Waals surface area contributed by atoms with E-state index in [9.17, 15) is 9.00 Å². The Balaban J connectivity index is 2.43. The van der Waals surface area contributed by atoms with E-state index in [-0.39, 0.29) is 5.75 Å². The first kappa shape index (κ1) is 13.7. The molecule has 0 aliphatic rings. The zero-order chi connectivity index (χ0) is 12.9. The second-order valence-electron chi connectivity index (χ2n) is 4.54. The molecule has 1 aromatic carbocycles. The topological polar surface area (TPSA) is 55.4 Å². The molecule has 0 bridgehead atoms. The van der Waals surface area contributed by atoms with Gasteiger partial charge in [-0.3, -0.25) is 4.79 Å². The normalized spacial score (nSPS) is 12.9. The standard InChI is InChI=1S/C12H17NO3S/c1-12(2,3)16-11(14)9-17(15)13-10-7-5-4-6-8-10/h4-8,13H,9H2,1-3H3. The van der Waals surface area contributed by atoms with Gasteiger partial charge in [-0.2, -0.15) is 0 Å². The Hall–Kier alpha value is -1.36. The van der Waals surface area contributed by atoms with Crippen molar-refractivity contribution in [1.82, 2.24) is 0 Å². The lowest BCUT2D eigenvalue weighted by molar-refractivity contribution is -0.151. The minimum absolute atomic E-state index is 0.161. The second kappa shape index (κ2) is 5.82. The summed E-state index contributed by atoms with van der Waals surface area (Å²) in [6.07, 6.45) is 0. The quantitative estimate of drug-likeness (QED) is 0.838. The minimum atomic E-state index is -1.46. The van der Waals surface area contributed by atoms with Gasteiger partial charge in [-0.15, -0.1) is 0 Å². The third-order valence-corrected chi connectivity index (χ3v) is 2.64. The van der Waals surface area contributed by atoms with Crippen LogP contribution >= 0.6 is 0 Å². The molecule has 0 aromatic heterocycles. The van der Waals surface area contributed by atoms with E-state index in [0.717, 1.165) is 5.69 Å². The van der Waals surface area contributed by atoms with E-state index in [2.05, 4.69) is 4.72 Å². The molecule has 94 valence electrons. The van der Waals surface area contributed by atoms with Crippen LogP contribution in [0.5, 0.6) is 0 Å². The van der Waals surface area contributed by atoms with Crippen molar-refractivity contribution < 1.29 is 13.7 Å². The summed E-state index contributed by atoms with van der Waals surface area (Å²) in [4.78, 5) is 11.4. The van der Waals surface area contributed by atoms with Crippen LogP contribution in [0, 0.1) is 0 Å². The van der Waals surface area contributed by atoms with Gasteiger partial charge in [0.2, 0.25) is 0 Å². The lowest BCUT2D eigenvalue weighted by atomic mass is 10.2. The molecule has 4 nitrogen and oxygen atoms in total. The average molecular weight is 255 g/mol. The monoisotopic (exact) mass is 255 g/mol. The van der Waals surface area contributed by atoms with E-state index in [1.165, 1.54) is 0 Å². The molecule has 1 atom stereocenters. The average Bonchev–Trinajstić information content (AvgIpc) is 2.15. The zero-order valence-electron chi connectivity index (χ0n) is 10.2. The molecular weight excluding hydrogens is 238 g/mol. The number of carbonyl (C=O) groups is 1. The van der Waals surface area contributed by atoms with E-state index in [0.29, 0.717) is 0 Å². The maximum Gasteiger partial charge on any atom is 0.320 e. The highest BCUT2D eigenvalue weighted by Gasteiger charge is 2.18. The van der Waals surface area contributed by atoms with E-state index in [1.807, 2.05) is 18.2 Å². The Labute approximate surface area is 104 Å². The van der Waals surface area contributed by atoms with Gasteiger partial charge in [-0.05, 0) is 32.9 Å². The smallest absolute Gasteiger partial charge is 0.320 e. The Morgan fingerprint density at radius 2 is 1.88 bits per heavy atom. The summed E-state index contributed by atoms with van der Waals surface area (Å²) in [6.45, 7) is 5.33. The van der Waals surface area contributed by atoms with Crippen molar-refractivity contribution in [3.8, 4) is 0 Å². The zero-order valence-corrected chi connectivity index (χ0v) is 11.0. The first-order chi connectivity index (χ1) is 7.87. The van der Waals surface area contributed by atoms with Gasteiger partial charge in [-0.1, -0.05) is 18.2 Å². The molecule has 1 unspecified atom stereocenters. The van der Waals surface area contributed by atoms with Crippen LogP contribution in [0.25, 0.3) is 0 Å². The summed E-state index contributed by atoms with van der Waals surface area (Å²) < 4.78 is 19.4. The summed E-state index contributed by atoms with van der Waals surface area (Å²) in [5.74, 6) is -0.633. The highest BCUT2D eigenvalue weighted by molar-refractivity contribution is 7.87. The number of nitrogens with one attached hydrogen (secondary N) is 1. The van der Waals surface area contributed by atoms with Crippen molar-refractivity contribution in [2.75, 3.05) is 10.5 Å². The molecule has 5 heteroatoms. The molecule has 0 saturated heterocycles. The van der Waals surface area contributed by atoms with Crippen LogP contribution in [0.4, 0.5) is 5.69 Å². The SMILES string of the molecule is CC(C)(C)OC(=O)CS(=O)Nc1ccccc1. The Morgan fingerprint density at radius 1 is 1.29 bits per heavy atom. The largest absolute Gasteiger partial charge is 0.459 e. The maximum atomic E-state index is 11.6. The van der Waals surface area contributed by atoms with Crippen molar-refractivity contribution in [1.29, 1.82) is 0 Å². The predicted molar refractivity (Wildman–Crippen MR) is 68.9 cm³/mol. The minimum Gasteiger partial charge on any atom is -0.459 e. The molecular formula is C12H17NO3S. The predicted octanol–water partition coefficient (Wildman–Crippen LogP) is 2.10. The maximum absolute atomic E-state index is 11.6. The molecule has 0 fully saturated rings. The van der Waals surface area contributed by atoms with Gasteiger partial charge in [0.15, 0.2) is 0 Å². The first-order valence-corrected chi connectivity index (χ1v) is 6.61. The Morgan fingerprint density at radius 3 is 2.41 bits per heavy atom. The number of rotatable bonds is 4. The fourth-order valence-electron chi connectivity index (χ4n) is 1.15. The van der Waals surface area contributed by atoms with Gasteiger partial charge < -0.3 is 9.46 Å². The van der Waals surface area contributed by atoms with Crippen LogP contribution in [0.15, 0.2) is 30.3 Å². The fraction of sp³-hybridized carbons (Fsp3) is 0.417. The molecule has 0 radical (unpaired) electrons. The Bertz CT molecular complexity index is 398. The van der Waals surface area contributed by atoms with E-state index in [4.69, 9.17) is 4.74 Å². The van der Waals surface area contributed by atoms with Crippen LogP contribution < -0.4 is 4.72 Å². The van der Waals surface area contributed by atoms with E-state index >= 15 is 0 Å². The third-order valence-electron chi connectivity index (χ3n) is 1.67. The molecule has 0 heterocycles. The van der Waals surface area contributed by atoms with Crippen molar-refractivity contribution in [3.05, 3.63) is 30.3 Å². The lowest BCUT2D eigenvalue weighted by Crippen LogP contribution is -2.28. The first-order valence-electron chi connectivity index (χ1n) is 5.29. The van der Waals surface area contributed by atoms with Crippen molar-refractivity contribution >= 4 is 22.6 Å². The fourth-order valence-corrected chi connectivity index (χ4v) is 1.90. The highest BCUT2D eigenvalue weighted by Crippen LogP contribution is 2.09. The molecule has 1 rings (SSSR count). The van der Waals surface area contributed by atoms with Gasteiger partial charge >= 0.3 is 5.97 Å². The van der Waals surface area contributed by atoms with Crippen molar-refractivity contribution in [2.24, 2.45) is 0 Å². The summed E-state index contributed by atoms with van der Waals surface area (Å²) in [5.41, 5.74) is 0.169. The van der Waals surface area contributed by atoms with Crippen LogP contribution in [0.1, 0.15) is 20.8 Å².